The van der Waals surface area contributed by atoms with Crippen LogP contribution < -0.4 is 0 Å². The molecule has 130 valence electrons. The third-order valence-corrected chi connectivity index (χ3v) is 3.53. The van der Waals surface area contributed by atoms with Gasteiger partial charge >= 0.3 is 6.09 Å². The second-order valence-electron chi connectivity index (χ2n) is 6.57. The van der Waals surface area contributed by atoms with Crippen LogP contribution in [0.4, 0.5) is 4.79 Å². The summed E-state index contributed by atoms with van der Waals surface area (Å²) in [6.07, 6.45) is 2.81. The summed E-state index contributed by atoms with van der Waals surface area (Å²) < 4.78 is 11.1. The Morgan fingerprint density at radius 3 is 2.43 bits per heavy atom. The van der Waals surface area contributed by atoms with Crippen molar-refractivity contribution < 1.29 is 24.2 Å². The molecule has 0 aliphatic carbocycles. The number of aliphatic hydroxyl groups excluding tert-OH is 1. The highest BCUT2D eigenvalue weighted by atomic mass is 16.6. The summed E-state index contributed by atoms with van der Waals surface area (Å²) >= 11 is 0. The number of Topliss-reactive ketones (excluding diaryl/α,β-unsaturated/α-hetero) is 1. The number of allylic oxidation sites excluding steroid dienone is 1. The second kappa shape index (κ2) is 8.26. The minimum Gasteiger partial charge on any atom is -0.444 e. The van der Waals surface area contributed by atoms with E-state index in [1.165, 1.54) is 4.90 Å². The average molecular weight is 325 g/mol. The minimum absolute atomic E-state index is 0.0829. The molecule has 0 aromatic heterocycles. The van der Waals surface area contributed by atoms with Crippen LogP contribution >= 0.6 is 0 Å². The number of rotatable bonds is 7. The van der Waals surface area contributed by atoms with Gasteiger partial charge in [0.15, 0.2) is 5.78 Å². The van der Waals surface area contributed by atoms with Crippen molar-refractivity contribution in [1.82, 2.24) is 4.90 Å². The van der Waals surface area contributed by atoms with E-state index >= 15 is 0 Å². The standard InChI is InChI=1S/C17H27NO5/c1-6-8-12-10-18(16(21)23-17(3,4)5)14(13(20)11-19)15(12)22-9-7-2/h6-7,12,14-15,19H,1-2,8-11H2,3-5H3/t12-,14+,15+/m0/s1. The third kappa shape index (κ3) is 5.18. The Balaban J connectivity index is 3.06. The smallest absolute Gasteiger partial charge is 0.411 e. The molecule has 0 unspecified atom stereocenters. The van der Waals surface area contributed by atoms with E-state index in [2.05, 4.69) is 13.2 Å². The van der Waals surface area contributed by atoms with Crippen molar-refractivity contribution >= 4 is 11.9 Å². The second-order valence-corrected chi connectivity index (χ2v) is 6.57. The Bertz CT molecular complexity index is 454. The Morgan fingerprint density at radius 1 is 1.30 bits per heavy atom. The van der Waals surface area contributed by atoms with Crippen LogP contribution in [0.5, 0.6) is 0 Å². The zero-order valence-corrected chi connectivity index (χ0v) is 14.2. The zero-order valence-electron chi connectivity index (χ0n) is 14.2. The Labute approximate surface area is 137 Å². The number of ether oxygens (including phenoxy) is 2. The number of carbonyl (C=O) groups excluding carboxylic acids is 2. The van der Waals surface area contributed by atoms with Gasteiger partial charge in [-0.15, -0.1) is 13.2 Å². The maximum absolute atomic E-state index is 12.4. The summed E-state index contributed by atoms with van der Waals surface area (Å²) in [7, 11) is 0. The topological polar surface area (TPSA) is 76.1 Å². The molecule has 23 heavy (non-hydrogen) atoms. The average Bonchev–Trinajstić information content (AvgIpc) is 2.81. The van der Waals surface area contributed by atoms with Crippen LogP contribution in [0.25, 0.3) is 0 Å². The molecule has 0 bridgehead atoms. The van der Waals surface area contributed by atoms with Gasteiger partial charge in [0.25, 0.3) is 0 Å². The summed E-state index contributed by atoms with van der Waals surface area (Å²) in [6.45, 7) is 12.5. The molecule has 0 radical (unpaired) electrons. The summed E-state index contributed by atoms with van der Waals surface area (Å²) in [4.78, 5) is 26.0. The quantitative estimate of drug-likeness (QED) is 0.724. The first-order valence-corrected chi connectivity index (χ1v) is 7.71. The van der Waals surface area contributed by atoms with Crippen LogP contribution in [-0.2, 0) is 14.3 Å². The fourth-order valence-electron chi connectivity index (χ4n) is 2.69. The summed E-state index contributed by atoms with van der Waals surface area (Å²) in [5, 5.41) is 9.26. The van der Waals surface area contributed by atoms with Crippen molar-refractivity contribution in [1.29, 1.82) is 0 Å². The summed E-state index contributed by atoms with van der Waals surface area (Å²) in [6, 6.07) is -0.861. The molecule has 1 amide bonds. The van der Waals surface area contributed by atoms with Gasteiger partial charge in [-0.25, -0.2) is 4.79 Å². The number of aliphatic hydroxyl groups is 1. The van der Waals surface area contributed by atoms with Crippen molar-refractivity contribution in [2.45, 2.75) is 44.9 Å². The van der Waals surface area contributed by atoms with Crippen molar-refractivity contribution in [3.63, 3.8) is 0 Å². The van der Waals surface area contributed by atoms with Gasteiger partial charge in [-0.3, -0.25) is 9.69 Å². The van der Waals surface area contributed by atoms with E-state index in [-0.39, 0.29) is 12.5 Å². The van der Waals surface area contributed by atoms with E-state index in [9.17, 15) is 14.7 Å². The van der Waals surface area contributed by atoms with E-state index in [1.54, 1.807) is 32.9 Å². The lowest BCUT2D eigenvalue weighted by Gasteiger charge is -2.29. The first-order chi connectivity index (χ1) is 10.7. The predicted molar refractivity (Wildman–Crippen MR) is 87.1 cm³/mol. The molecule has 1 N–H and O–H groups in total. The molecule has 1 aliphatic rings. The Kier molecular flexibility index (Phi) is 6.97. The van der Waals surface area contributed by atoms with E-state index in [4.69, 9.17) is 9.47 Å². The number of hydrogen-bond acceptors (Lipinski definition) is 5. The molecular formula is C17H27NO5. The normalized spacial score (nSPS) is 24.3. The largest absolute Gasteiger partial charge is 0.444 e. The number of carbonyl (C=O) groups is 2. The number of ketones is 1. The maximum Gasteiger partial charge on any atom is 0.411 e. The third-order valence-electron chi connectivity index (χ3n) is 3.53. The first-order valence-electron chi connectivity index (χ1n) is 7.71. The van der Waals surface area contributed by atoms with Gasteiger partial charge in [0.1, 0.15) is 18.2 Å². The molecule has 6 nitrogen and oxygen atoms in total. The van der Waals surface area contributed by atoms with Crippen molar-refractivity contribution in [2.24, 2.45) is 5.92 Å². The highest BCUT2D eigenvalue weighted by Gasteiger charge is 2.48. The highest BCUT2D eigenvalue weighted by molar-refractivity contribution is 5.89. The lowest BCUT2D eigenvalue weighted by molar-refractivity contribution is -0.130. The van der Waals surface area contributed by atoms with Crippen LogP contribution in [0.2, 0.25) is 0 Å². The van der Waals surface area contributed by atoms with Crippen LogP contribution in [0, 0.1) is 5.92 Å². The van der Waals surface area contributed by atoms with Gasteiger partial charge < -0.3 is 14.6 Å². The van der Waals surface area contributed by atoms with Crippen molar-refractivity contribution in [3.8, 4) is 0 Å². The van der Waals surface area contributed by atoms with Crippen LogP contribution in [0.1, 0.15) is 27.2 Å². The van der Waals surface area contributed by atoms with E-state index in [1.807, 2.05) is 0 Å². The van der Waals surface area contributed by atoms with E-state index in [0.717, 1.165) is 0 Å². The molecule has 0 saturated carbocycles. The molecule has 0 spiro atoms. The minimum atomic E-state index is -0.861. The van der Waals surface area contributed by atoms with Gasteiger partial charge in [-0.1, -0.05) is 12.2 Å². The van der Waals surface area contributed by atoms with Gasteiger partial charge in [-0.2, -0.15) is 0 Å². The van der Waals surface area contributed by atoms with E-state index < -0.39 is 36.2 Å². The van der Waals surface area contributed by atoms with Gasteiger partial charge in [0.05, 0.1) is 12.7 Å². The van der Waals surface area contributed by atoms with Crippen molar-refractivity contribution in [3.05, 3.63) is 25.3 Å². The first kappa shape index (κ1) is 19.4. The number of amides is 1. The summed E-state index contributed by atoms with van der Waals surface area (Å²) in [5.74, 6) is -0.544. The SMILES string of the molecule is C=CCO[C@@H]1[C@@H](CC=C)CN(C(=O)OC(C)(C)C)[C@@H]1C(=O)CO. The molecule has 1 saturated heterocycles. The van der Waals surface area contributed by atoms with Gasteiger partial charge in [0, 0.05) is 12.5 Å². The molecule has 0 aromatic carbocycles. The predicted octanol–water partition coefficient (Wildman–Crippen LogP) is 1.93. The lowest BCUT2D eigenvalue weighted by atomic mass is 9.96. The van der Waals surface area contributed by atoms with Crippen LogP contribution in [0.15, 0.2) is 25.3 Å². The zero-order chi connectivity index (χ0) is 17.6. The Morgan fingerprint density at radius 2 is 1.96 bits per heavy atom. The van der Waals surface area contributed by atoms with Crippen molar-refractivity contribution in [2.75, 3.05) is 19.8 Å². The van der Waals surface area contributed by atoms with Crippen LogP contribution in [0.3, 0.4) is 0 Å². The van der Waals surface area contributed by atoms with Gasteiger partial charge in [-0.05, 0) is 27.2 Å². The molecular weight excluding hydrogens is 298 g/mol. The number of nitrogens with zero attached hydrogens (tertiary/aromatic N) is 1. The fraction of sp³-hybridized carbons (Fsp3) is 0.647. The molecule has 1 heterocycles. The summed E-state index contributed by atoms with van der Waals surface area (Å²) in [5.41, 5.74) is -0.669. The highest BCUT2D eigenvalue weighted by Crippen LogP contribution is 2.31. The molecule has 1 fully saturated rings. The molecule has 1 rings (SSSR count). The fourth-order valence-corrected chi connectivity index (χ4v) is 2.69. The molecule has 0 aromatic rings. The lowest BCUT2D eigenvalue weighted by Crippen LogP contribution is -2.48. The Hall–Kier alpha value is -1.66. The van der Waals surface area contributed by atoms with E-state index in [0.29, 0.717) is 13.0 Å². The number of likely N-dealkylation sites (tertiary alicyclic amines) is 1. The maximum atomic E-state index is 12.4. The number of hydrogen-bond donors (Lipinski definition) is 1. The molecule has 6 heteroatoms. The van der Waals surface area contributed by atoms with Crippen LogP contribution in [-0.4, -0.2) is 59.4 Å². The molecule has 1 aliphatic heterocycles. The monoisotopic (exact) mass is 325 g/mol. The molecule has 3 atom stereocenters. The van der Waals surface area contributed by atoms with Gasteiger partial charge in [0.2, 0.25) is 0 Å².